The smallest absolute Gasteiger partial charge is 0.872 e. The van der Waals surface area contributed by atoms with E-state index in [1.165, 1.54) is 5.56 Å². The molecule has 4 aromatic rings. The van der Waals surface area contributed by atoms with Crippen LogP contribution in [-0.4, -0.2) is 0 Å². The van der Waals surface area contributed by atoms with Crippen LogP contribution in [0.25, 0.3) is 22.3 Å². The minimum Gasteiger partial charge on any atom is -0.872 e. The van der Waals surface area contributed by atoms with Crippen molar-refractivity contribution in [3.8, 4) is 39.5 Å². The van der Waals surface area contributed by atoms with Gasteiger partial charge in [-0.2, -0.15) is 12.4 Å². The van der Waals surface area contributed by atoms with Gasteiger partial charge in [-0.3, -0.25) is 0 Å². The summed E-state index contributed by atoms with van der Waals surface area (Å²) in [5.74, 6) is 0.132. The van der Waals surface area contributed by atoms with E-state index in [2.05, 4.69) is 88.1 Å². The van der Waals surface area contributed by atoms with Gasteiger partial charge in [0.15, 0.2) is 0 Å². The summed E-state index contributed by atoms with van der Waals surface area (Å²) in [6, 6.07) is 12.5. The van der Waals surface area contributed by atoms with Gasteiger partial charge < -0.3 is 20.3 Å². The number of benzene rings is 3. The van der Waals surface area contributed by atoms with E-state index < -0.39 is 0 Å². The first kappa shape index (κ1) is 38.2. The molecule has 0 bridgehead atoms. The molecule has 0 fully saturated rings. The SMILES string of the molecule is CC(C)c1cc([O-])c(-c2c([O-])c(C(C)C)c(C(C)C)c(C(C)C)c2C(C)C)c(-c2ccccc2[O-])c1C(C)C.[Mo+4].c1cc[n-]c1. The van der Waals surface area contributed by atoms with E-state index in [0.717, 1.165) is 27.8 Å². The Balaban J connectivity index is 0.00000107. The fraction of sp³-hybridized carbons (Fsp3) is 0.450. The molecule has 0 saturated carbocycles. The second kappa shape index (κ2) is 16.0. The maximum Gasteiger partial charge on any atom is 4.00 e. The molecule has 0 aliphatic carbocycles. The number of hydrogen-bond acceptors (Lipinski definition) is 3. The summed E-state index contributed by atoms with van der Waals surface area (Å²) in [4.78, 5) is 3.72. The van der Waals surface area contributed by atoms with Gasteiger partial charge in [-0.05, 0) is 91.1 Å². The van der Waals surface area contributed by atoms with Crippen molar-refractivity contribution in [1.82, 2.24) is 4.98 Å². The van der Waals surface area contributed by atoms with Crippen LogP contribution in [0.2, 0.25) is 0 Å². The average molecular weight is 690 g/mol. The largest absolute Gasteiger partial charge is 4.00 e. The molecular formula is C40H51MoNO3. The van der Waals surface area contributed by atoms with Gasteiger partial charge in [-0.25, -0.2) is 0 Å². The molecule has 0 atom stereocenters. The first-order chi connectivity index (χ1) is 20.6. The molecule has 5 heteroatoms. The molecule has 0 aliphatic rings. The maximum absolute atomic E-state index is 14.7. The molecule has 1 aromatic heterocycles. The fourth-order valence-electron chi connectivity index (χ4n) is 6.71. The van der Waals surface area contributed by atoms with E-state index in [-0.39, 0.29) is 73.8 Å². The molecule has 45 heavy (non-hydrogen) atoms. The molecule has 0 aliphatic heterocycles. The molecule has 0 N–H and O–H groups in total. The number of para-hydroxylation sites is 1. The van der Waals surface area contributed by atoms with Crippen molar-refractivity contribution in [2.75, 3.05) is 0 Å². The van der Waals surface area contributed by atoms with E-state index in [4.69, 9.17) is 0 Å². The second-order valence-corrected chi connectivity index (χ2v) is 13.7. The van der Waals surface area contributed by atoms with Crippen LogP contribution in [0, 0.1) is 0 Å². The average Bonchev–Trinajstić information content (AvgIpc) is 3.52. The van der Waals surface area contributed by atoms with E-state index in [1.54, 1.807) is 30.6 Å². The first-order valence-electron chi connectivity index (χ1n) is 16.2. The molecular weight excluding hydrogens is 638 g/mol. The molecule has 0 saturated heterocycles. The van der Waals surface area contributed by atoms with E-state index in [9.17, 15) is 15.3 Å². The van der Waals surface area contributed by atoms with Crippen molar-refractivity contribution >= 4 is 0 Å². The third kappa shape index (κ3) is 7.88. The van der Waals surface area contributed by atoms with Gasteiger partial charge in [0.2, 0.25) is 0 Å². The third-order valence-electron chi connectivity index (χ3n) is 8.35. The standard InChI is InChI=1S/C36H50O3.C4H4N.Mo/c1-18(2)25-17-27(38)34(33(28(25)19(3)4)24-15-13-14-16-26(24)37)35-31(22(9)10)29(20(5)6)30(21(7)8)32(23(11)12)36(35)39;1-2-4-5-3-1;/h13-23,37-39H,1-12H3;1-4H;/q;-1;+4/p-3. The summed E-state index contributed by atoms with van der Waals surface area (Å²) in [5, 5.41) is 42.4. The Bertz CT molecular complexity index is 1530. The van der Waals surface area contributed by atoms with Crippen molar-refractivity contribution in [3.63, 3.8) is 0 Å². The van der Waals surface area contributed by atoms with Crippen molar-refractivity contribution in [2.45, 2.75) is 119 Å². The molecule has 0 amide bonds. The summed E-state index contributed by atoms with van der Waals surface area (Å²) in [6.45, 7) is 25.4. The predicted molar refractivity (Wildman–Crippen MR) is 180 cm³/mol. The van der Waals surface area contributed by atoms with Gasteiger partial charge in [-0.15, -0.1) is 11.5 Å². The van der Waals surface area contributed by atoms with Gasteiger partial charge in [0, 0.05) is 0 Å². The van der Waals surface area contributed by atoms with Gasteiger partial charge in [0.25, 0.3) is 0 Å². The molecule has 0 unspecified atom stereocenters. The van der Waals surface area contributed by atoms with Crippen LogP contribution in [0.5, 0.6) is 17.2 Å². The second-order valence-electron chi connectivity index (χ2n) is 13.7. The summed E-state index contributed by atoms with van der Waals surface area (Å²) in [6.07, 6.45) is 3.50. The number of nitrogens with zero attached hydrogens (tertiary/aromatic N) is 1. The number of hydrogen-bond donors (Lipinski definition) is 0. The molecule has 0 radical (unpaired) electrons. The minimum absolute atomic E-state index is 0. The zero-order chi connectivity index (χ0) is 33.0. The van der Waals surface area contributed by atoms with Gasteiger partial charge >= 0.3 is 21.1 Å². The molecule has 3 aromatic carbocycles. The van der Waals surface area contributed by atoms with Crippen LogP contribution in [0.3, 0.4) is 0 Å². The van der Waals surface area contributed by atoms with Crippen molar-refractivity contribution in [3.05, 3.63) is 88.2 Å². The van der Waals surface area contributed by atoms with Crippen LogP contribution in [0.15, 0.2) is 54.9 Å². The predicted octanol–water partition coefficient (Wildman–Crippen LogP) is 9.62. The molecule has 4 nitrogen and oxygen atoms in total. The Morgan fingerprint density at radius 2 is 0.933 bits per heavy atom. The number of rotatable bonds is 8. The zero-order valence-corrected chi connectivity index (χ0v) is 31.2. The van der Waals surface area contributed by atoms with Gasteiger partial charge in [-0.1, -0.05) is 131 Å². The Morgan fingerprint density at radius 1 is 0.467 bits per heavy atom. The van der Waals surface area contributed by atoms with Crippen LogP contribution < -0.4 is 20.3 Å². The molecule has 4 rings (SSSR count). The fourth-order valence-corrected chi connectivity index (χ4v) is 6.71. The Kier molecular flexibility index (Phi) is 13.6. The summed E-state index contributed by atoms with van der Waals surface area (Å²) < 4.78 is 0. The van der Waals surface area contributed by atoms with Crippen molar-refractivity contribution < 1.29 is 36.4 Å². The topological polar surface area (TPSA) is 83.3 Å². The van der Waals surface area contributed by atoms with Crippen molar-refractivity contribution in [1.29, 1.82) is 0 Å². The summed E-state index contributed by atoms with van der Waals surface area (Å²) >= 11 is 0. The quantitative estimate of drug-likeness (QED) is 0.173. The van der Waals surface area contributed by atoms with E-state index in [1.807, 2.05) is 24.3 Å². The molecule has 0 spiro atoms. The Hall–Kier alpha value is -2.97. The summed E-state index contributed by atoms with van der Waals surface area (Å²) in [5.41, 5.74) is 8.04. The summed E-state index contributed by atoms with van der Waals surface area (Å²) in [7, 11) is 0. The molecule has 240 valence electrons. The number of aromatic nitrogens is 1. The maximum atomic E-state index is 14.7. The van der Waals surface area contributed by atoms with Crippen molar-refractivity contribution in [2.24, 2.45) is 0 Å². The first-order valence-corrected chi connectivity index (χ1v) is 16.2. The van der Waals surface area contributed by atoms with Crippen LogP contribution >= 0.6 is 0 Å². The van der Waals surface area contributed by atoms with Crippen LogP contribution in [0.1, 0.15) is 152 Å². The van der Waals surface area contributed by atoms with E-state index in [0.29, 0.717) is 22.3 Å². The normalized spacial score (nSPS) is 11.5. The monoisotopic (exact) mass is 691 g/mol. The Morgan fingerprint density at radius 3 is 1.33 bits per heavy atom. The van der Waals surface area contributed by atoms with Crippen LogP contribution in [-0.2, 0) is 21.1 Å². The molecule has 1 heterocycles. The Labute approximate surface area is 286 Å². The van der Waals surface area contributed by atoms with E-state index >= 15 is 0 Å². The van der Waals surface area contributed by atoms with Gasteiger partial charge in [0.05, 0.1) is 0 Å². The third-order valence-corrected chi connectivity index (χ3v) is 8.35. The van der Waals surface area contributed by atoms with Gasteiger partial charge in [0.1, 0.15) is 0 Å². The minimum atomic E-state index is -0.179. The van der Waals surface area contributed by atoms with Crippen LogP contribution in [0.4, 0.5) is 0 Å². The zero-order valence-electron chi connectivity index (χ0n) is 29.2.